The molecule has 1 N–H and O–H groups in total. The van der Waals surface area contributed by atoms with Crippen molar-refractivity contribution in [3.63, 3.8) is 0 Å². The molecule has 1 aromatic heterocycles. The monoisotopic (exact) mass is 349 g/mol. The van der Waals surface area contributed by atoms with Crippen LogP contribution in [0.2, 0.25) is 0 Å². The van der Waals surface area contributed by atoms with Gasteiger partial charge in [0.15, 0.2) is 9.84 Å². The van der Waals surface area contributed by atoms with Gasteiger partial charge in [-0.2, -0.15) is 0 Å². The number of rotatable bonds is 6. The zero-order valence-corrected chi connectivity index (χ0v) is 14.5. The number of nitrogens with one attached hydrogen (secondary N) is 1. The van der Waals surface area contributed by atoms with E-state index in [1.165, 1.54) is 11.3 Å². The molecule has 1 unspecified atom stereocenters. The van der Waals surface area contributed by atoms with Crippen LogP contribution >= 0.6 is 11.3 Å². The minimum absolute atomic E-state index is 0.0364. The van der Waals surface area contributed by atoms with E-state index in [2.05, 4.69) is 5.32 Å². The lowest BCUT2D eigenvalue weighted by Gasteiger charge is -2.17. The fraction of sp³-hybridized carbons (Fsp3) is 0.353. The first kappa shape index (κ1) is 16.2. The number of carbonyl (C=O) groups excluding carboxylic acids is 1. The van der Waals surface area contributed by atoms with Gasteiger partial charge < -0.3 is 5.32 Å². The minimum Gasteiger partial charge on any atom is -0.354 e. The second-order valence-electron chi connectivity index (χ2n) is 5.88. The van der Waals surface area contributed by atoms with Gasteiger partial charge in [0.2, 0.25) is 5.91 Å². The molecule has 1 atom stereocenters. The van der Waals surface area contributed by atoms with Gasteiger partial charge in [0.05, 0.1) is 4.90 Å². The van der Waals surface area contributed by atoms with Gasteiger partial charge in [0, 0.05) is 17.3 Å². The Hall–Kier alpha value is -1.66. The summed E-state index contributed by atoms with van der Waals surface area (Å²) >= 11 is 1.40. The SMILES string of the molecule is Cc1ccc(S(=O)(=O)C(CNC(=O)C2CC2)c2cccs2)cc1. The number of aryl methyl sites for hydroxylation is 1. The maximum atomic E-state index is 13.0. The lowest BCUT2D eigenvalue weighted by molar-refractivity contribution is -0.122. The van der Waals surface area contributed by atoms with Gasteiger partial charge in [0.25, 0.3) is 0 Å². The Morgan fingerprint density at radius 1 is 1.26 bits per heavy atom. The number of hydrogen-bond acceptors (Lipinski definition) is 4. The Balaban J connectivity index is 1.87. The van der Waals surface area contributed by atoms with Crippen LogP contribution in [0.5, 0.6) is 0 Å². The Morgan fingerprint density at radius 2 is 1.96 bits per heavy atom. The summed E-state index contributed by atoms with van der Waals surface area (Å²) < 4.78 is 26.0. The van der Waals surface area contributed by atoms with Gasteiger partial charge >= 0.3 is 0 Å². The average molecular weight is 349 g/mol. The van der Waals surface area contributed by atoms with E-state index in [-0.39, 0.29) is 18.4 Å². The smallest absolute Gasteiger partial charge is 0.223 e. The van der Waals surface area contributed by atoms with Crippen LogP contribution in [0.25, 0.3) is 0 Å². The zero-order valence-electron chi connectivity index (χ0n) is 12.9. The second-order valence-corrected chi connectivity index (χ2v) is 8.99. The van der Waals surface area contributed by atoms with Crippen molar-refractivity contribution in [1.82, 2.24) is 5.32 Å². The van der Waals surface area contributed by atoms with Crippen LogP contribution in [-0.4, -0.2) is 20.9 Å². The van der Waals surface area contributed by atoms with Crippen molar-refractivity contribution in [3.05, 3.63) is 52.2 Å². The molecule has 0 bridgehead atoms. The van der Waals surface area contributed by atoms with Crippen LogP contribution < -0.4 is 5.32 Å². The highest BCUT2D eigenvalue weighted by atomic mass is 32.2. The molecular formula is C17H19NO3S2. The third-order valence-corrected chi connectivity index (χ3v) is 7.23. The highest BCUT2D eigenvalue weighted by Gasteiger charge is 2.33. The van der Waals surface area contributed by atoms with Crippen LogP contribution in [0.1, 0.15) is 28.5 Å². The van der Waals surface area contributed by atoms with Gasteiger partial charge in [-0.1, -0.05) is 23.8 Å². The van der Waals surface area contributed by atoms with E-state index in [4.69, 9.17) is 0 Å². The molecule has 4 nitrogen and oxygen atoms in total. The molecule has 122 valence electrons. The van der Waals surface area contributed by atoms with Gasteiger partial charge in [-0.05, 0) is 43.3 Å². The molecule has 6 heteroatoms. The maximum Gasteiger partial charge on any atom is 0.223 e. The summed E-state index contributed by atoms with van der Waals surface area (Å²) in [6, 6.07) is 10.5. The number of carbonyl (C=O) groups is 1. The van der Waals surface area contributed by atoms with Crippen molar-refractivity contribution in [2.45, 2.75) is 29.9 Å². The summed E-state index contributed by atoms with van der Waals surface area (Å²) in [5.41, 5.74) is 1.01. The van der Waals surface area contributed by atoms with E-state index in [9.17, 15) is 13.2 Å². The topological polar surface area (TPSA) is 63.2 Å². The summed E-state index contributed by atoms with van der Waals surface area (Å²) in [5.74, 6) is 0.0340. The van der Waals surface area contributed by atoms with Crippen LogP contribution in [0.15, 0.2) is 46.7 Å². The first-order chi connectivity index (χ1) is 11.0. The predicted molar refractivity (Wildman–Crippen MR) is 91.2 cm³/mol. The molecule has 23 heavy (non-hydrogen) atoms. The van der Waals surface area contributed by atoms with Gasteiger partial charge in [-0.25, -0.2) is 8.42 Å². The molecule has 1 heterocycles. The third-order valence-electron chi connectivity index (χ3n) is 3.99. The fourth-order valence-corrected chi connectivity index (χ4v) is 5.20. The van der Waals surface area contributed by atoms with E-state index in [1.54, 1.807) is 24.3 Å². The average Bonchev–Trinajstić information content (AvgIpc) is 3.24. The quantitative estimate of drug-likeness (QED) is 0.871. The summed E-state index contributed by atoms with van der Waals surface area (Å²) in [6.07, 6.45) is 1.81. The maximum absolute atomic E-state index is 13.0. The molecule has 1 aliphatic carbocycles. The van der Waals surface area contributed by atoms with Crippen LogP contribution in [-0.2, 0) is 14.6 Å². The molecule has 1 amide bonds. The van der Waals surface area contributed by atoms with Crippen molar-refractivity contribution in [2.24, 2.45) is 5.92 Å². The predicted octanol–water partition coefficient (Wildman–Crippen LogP) is 3.10. The Morgan fingerprint density at radius 3 is 2.52 bits per heavy atom. The molecule has 0 spiro atoms. The molecular weight excluding hydrogens is 330 g/mol. The van der Waals surface area contributed by atoms with Crippen molar-refractivity contribution < 1.29 is 13.2 Å². The van der Waals surface area contributed by atoms with Crippen molar-refractivity contribution >= 4 is 27.1 Å². The van der Waals surface area contributed by atoms with Crippen molar-refractivity contribution in [2.75, 3.05) is 6.54 Å². The van der Waals surface area contributed by atoms with Gasteiger partial charge in [-0.15, -0.1) is 11.3 Å². The summed E-state index contributed by atoms with van der Waals surface area (Å²) in [5, 5.41) is 3.92. The largest absolute Gasteiger partial charge is 0.354 e. The number of amides is 1. The second kappa shape index (κ2) is 6.45. The number of thiophene rings is 1. The van der Waals surface area contributed by atoms with E-state index >= 15 is 0 Å². The molecule has 0 radical (unpaired) electrons. The molecule has 1 saturated carbocycles. The highest BCUT2D eigenvalue weighted by molar-refractivity contribution is 7.91. The van der Waals surface area contributed by atoms with Crippen LogP contribution in [0.4, 0.5) is 0 Å². The van der Waals surface area contributed by atoms with E-state index in [0.717, 1.165) is 23.3 Å². The minimum atomic E-state index is -3.55. The van der Waals surface area contributed by atoms with Crippen LogP contribution in [0, 0.1) is 12.8 Å². The fourth-order valence-electron chi connectivity index (χ4n) is 2.41. The molecule has 0 saturated heterocycles. The third kappa shape index (κ3) is 3.64. The molecule has 1 aliphatic rings. The van der Waals surface area contributed by atoms with Crippen molar-refractivity contribution in [3.8, 4) is 0 Å². The lowest BCUT2D eigenvalue weighted by Crippen LogP contribution is -2.32. The molecule has 1 fully saturated rings. The molecule has 2 aromatic rings. The normalized spacial score (nSPS) is 16.0. The first-order valence-corrected chi connectivity index (χ1v) is 10.0. The highest BCUT2D eigenvalue weighted by Crippen LogP contribution is 2.33. The summed E-state index contributed by atoms with van der Waals surface area (Å²) in [6.45, 7) is 2.04. The zero-order chi connectivity index (χ0) is 16.4. The Kier molecular flexibility index (Phi) is 4.55. The Bertz CT molecular complexity index is 776. The number of hydrogen-bond donors (Lipinski definition) is 1. The Labute approximate surface area is 140 Å². The van der Waals surface area contributed by atoms with E-state index in [0.29, 0.717) is 4.90 Å². The standard InChI is InChI=1S/C17H19NO3S2/c1-12-4-8-14(9-5-12)23(20,21)16(15-3-2-10-22-15)11-18-17(19)13-6-7-13/h2-5,8-10,13,16H,6-7,11H2,1H3,(H,18,19). The number of sulfone groups is 1. The first-order valence-electron chi connectivity index (χ1n) is 7.60. The van der Waals surface area contributed by atoms with Gasteiger partial charge in [0.1, 0.15) is 5.25 Å². The molecule has 1 aromatic carbocycles. The van der Waals surface area contributed by atoms with Gasteiger partial charge in [-0.3, -0.25) is 4.79 Å². The molecule has 0 aliphatic heterocycles. The number of benzene rings is 1. The summed E-state index contributed by atoms with van der Waals surface area (Å²) in [4.78, 5) is 12.9. The molecule has 3 rings (SSSR count). The van der Waals surface area contributed by atoms with E-state index < -0.39 is 15.1 Å². The summed E-state index contributed by atoms with van der Waals surface area (Å²) in [7, 11) is -3.55. The lowest BCUT2D eigenvalue weighted by atomic mass is 10.2. The van der Waals surface area contributed by atoms with Crippen molar-refractivity contribution in [1.29, 1.82) is 0 Å². The van der Waals surface area contributed by atoms with Crippen LogP contribution in [0.3, 0.4) is 0 Å². The van der Waals surface area contributed by atoms with E-state index in [1.807, 2.05) is 24.4 Å².